The number of amides is 3. The van der Waals surface area contributed by atoms with Gasteiger partial charge in [-0.1, -0.05) is 110 Å². The van der Waals surface area contributed by atoms with Crippen molar-refractivity contribution >= 4 is 29.3 Å². The molecule has 8 N–H and O–H groups in total. The molecule has 3 amide bonds. The highest BCUT2D eigenvalue weighted by Crippen LogP contribution is 2.14. The maximum Gasteiger partial charge on any atom is 0.245 e. The van der Waals surface area contributed by atoms with Crippen molar-refractivity contribution in [3.63, 3.8) is 0 Å². The van der Waals surface area contributed by atoms with E-state index in [-0.39, 0.29) is 48.4 Å². The molecule has 1 aromatic heterocycles. The predicted molar refractivity (Wildman–Crippen MR) is 244 cm³/mol. The first-order chi connectivity index (χ1) is 30.1. The number of ether oxygens (including phenoxy) is 4. The lowest BCUT2D eigenvalue weighted by molar-refractivity contribution is -0.127. The number of imidazole rings is 1. The largest absolute Gasteiger partial charge is 0.379 e. The number of ketones is 2. The van der Waals surface area contributed by atoms with E-state index in [0.717, 1.165) is 37.8 Å². The number of unbranched alkanes of at least 4 members (excludes halogenated alkanes) is 15. The zero-order valence-corrected chi connectivity index (χ0v) is 38.9. The fraction of sp³-hybridized carbons (Fsp3) is 0.826. The molecule has 0 aliphatic rings. The SMILES string of the molecule is CCCCCCCCCCCCCCCCCC(=O)NCCOCCOCC(=O)CCCOCCOCC(=O)NCCCC[C@H](C)C(N)=O.CNCC(=O)[C@@H](N)Cc1cnc[nH]1. The van der Waals surface area contributed by atoms with Gasteiger partial charge < -0.3 is 51.3 Å². The van der Waals surface area contributed by atoms with Crippen LogP contribution in [0.2, 0.25) is 0 Å². The third-order valence-corrected chi connectivity index (χ3v) is 10.2. The van der Waals surface area contributed by atoms with Gasteiger partial charge in [0.1, 0.15) is 13.2 Å². The summed E-state index contributed by atoms with van der Waals surface area (Å²) in [5.74, 6) is -0.536. The monoisotopic (exact) mass is 882 g/mol. The molecule has 1 aromatic rings. The molecule has 0 bridgehead atoms. The van der Waals surface area contributed by atoms with E-state index >= 15 is 0 Å². The molecule has 1 heterocycles. The van der Waals surface area contributed by atoms with Crippen LogP contribution in [0, 0.1) is 5.92 Å². The number of aromatic amines is 1. The molecule has 16 heteroatoms. The van der Waals surface area contributed by atoms with Crippen LogP contribution >= 0.6 is 0 Å². The number of H-pyrrole nitrogens is 1. The Balaban J connectivity index is 0.00000241. The summed E-state index contributed by atoms with van der Waals surface area (Å²) in [6.45, 7) is 7.61. The van der Waals surface area contributed by atoms with Crippen LogP contribution in [0.4, 0.5) is 0 Å². The number of primary amides is 1. The summed E-state index contributed by atoms with van der Waals surface area (Å²) in [5, 5.41) is 8.45. The Kier molecular flexibility index (Phi) is 42.0. The number of carbonyl (C=O) groups is 5. The molecular weight excluding hydrogens is 795 g/mol. The maximum absolute atomic E-state index is 12.0. The van der Waals surface area contributed by atoms with Crippen molar-refractivity contribution in [3.05, 3.63) is 18.2 Å². The Bertz CT molecular complexity index is 1220. The van der Waals surface area contributed by atoms with Gasteiger partial charge in [0, 0.05) is 56.8 Å². The summed E-state index contributed by atoms with van der Waals surface area (Å²) in [6, 6.07) is -0.451. The van der Waals surface area contributed by atoms with Crippen molar-refractivity contribution in [1.29, 1.82) is 0 Å². The first kappa shape index (κ1) is 58.7. The van der Waals surface area contributed by atoms with Gasteiger partial charge in [-0.3, -0.25) is 24.0 Å². The van der Waals surface area contributed by atoms with E-state index < -0.39 is 6.04 Å². The highest BCUT2D eigenvalue weighted by Gasteiger charge is 2.13. The zero-order valence-electron chi connectivity index (χ0n) is 38.9. The van der Waals surface area contributed by atoms with Crippen LogP contribution in [-0.4, -0.2) is 125 Å². The summed E-state index contributed by atoms with van der Waals surface area (Å²) < 4.78 is 21.6. The van der Waals surface area contributed by atoms with E-state index in [1.54, 1.807) is 26.5 Å². The third-order valence-electron chi connectivity index (χ3n) is 10.2. The number of hydrogen-bond donors (Lipinski definition) is 6. The van der Waals surface area contributed by atoms with Gasteiger partial charge >= 0.3 is 0 Å². The van der Waals surface area contributed by atoms with Gasteiger partial charge in [-0.2, -0.15) is 0 Å². The number of likely N-dealkylation sites (N-methyl/N-ethyl adjacent to an activating group) is 1. The average Bonchev–Trinajstić information content (AvgIpc) is 3.77. The summed E-state index contributed by atoms with van der Waals surface area (Å²) in [7, 11) is 1.72. The van der Waals surface area contributed by atoms with E-state index in [1.165, 1.54) is 83.5 Å². The van der Waals surface area contributed by atoms with E-state index in [9.17, 15) is 24.0 Å². The molecule has 0 aliphatic heterocycles. The Morgan fingerprint density at radius 2 is 1.23 bits per heavy atom. The Morgan fingerprint density at radius 1 is 0.661 bits per heavy atom. The van der Waals surface area contributed by atoms with Crippen molar-refractivity contribution < 1.29 is 42.9 Å². The standard InChI is InChI=1S/C38H73N3O8.C8H14N4O/c1-3-4-5-6-7-8-9-10-11-12-13-14-15-16-17-23-36(43)41-25-27-47-29-30-48-32-35(42)22-20-26-46-28-31-49-33-37(44)40-24-19-18-21-34(2)38(39)45;1-10-4-8(13)7(9)2-6-3-11-5-12-6/h34H,3-33H2,1-2H3,(H2,39,45)(H,40,44)(H,41,43);3,5,7,10H,2,4,9H2,1H3,(H,11,12)/t34-;7-/m00/s1. The number of carbonyl (C=O) groups excluding carboxylic acids is 5. The Hall–Kier alpha value is -3.28. The van der Waals surface area contributed by atoms with Crippen LogP contribution in [-0.2, 0) is 49.3 Å². The first-order valence-corrected chi connectivity index (χ1v) is 23.7. The molecule has 0 aromatic carbocycles. The molecule has 0 radical (unpaired) electrons. The quantitative estimate of drug-likeness (QED) is 0.0461. The molecule has 0 aliphatic carbocycles. The lowest BCUT2D eigenvalue weighted by atomic mass is 10.0. The minimum absolute atomic E-state index is 0.00618. The van der Waals surface area contributed by atoms with Crippen LogP contribution < -0.4 is 27.4 Å². The van der Waals surface area contributed by atoms with Crippen molar-refractivity contribution in [2.75, 3.05) is 79.5 Å². The number of Topliss-reactive ketones (excluding diaryl/α,β-unsaturated/α-hetero) is 2. The van der Waals surface area contributed by atoms with Crippen molar-refractivity contribution in [2.24, 2.45) is 17.4 Å². The predicted octanol–water partition coefficient (Wildman–Crippen LogP) is 5.26. The normalized spacial score (nSPS) is 12.0. The van der Waals surface area contributed by atoms with Crippen LogP contribution in [0.25, 0.3) is 0 Å². The molecule has 1 rings (SSSR count). The molecule has 0 unspecified atom stereocenters. The molecular formula is C46H87N7O9. The minimum atomic E-state index is -0.451. The van der Waals surface area contributed by atoms with Gasteiger partial charge in [0.25, 0.3) is 0 Å². The number of nitrogens with two attached hydrogens (primary N) is 2. The van der Waals surface area contributed by atoms with Crippen molar-refractivity contribution in [2.45, 2.75) is 161 Å². The third kappa shape index (κ3) is 40.8. The van der Waals surface area contributed by atoms with Gasteiger partial charge in [0.05, 0.1) is 51.9 Å². The van der Waals surface area contributed by atoms with E-state index in [2.05, 4.69) is 32.8 Å². The molecule has 360 valence electrons. The fourth-order valence-corrected chi connectivity index (χ4v) is 6.29. The van der Waals surface area contributed by atoms with Gasteiger partial charge in [-0.05, 0) is 32.7 Å². The second kappa shape index (κ2) is 44.3. The number of nitrogens with zero attached hydrogens (tertiary/aromatic N) is 1. The second-order valence-corrected chi connectivity index (χ2v) is 16.1. The fourth-order valence-electron chi connectivity index (χ4n) is 6.29. The van der Waals surface area contributed by atoms with Gasteiger partial charge in [0.15, 0.2) is 11.6 Å². The number of hydrogen-bond acceptors (Lipinski definition) is 12. The Morgan fingerprint density at radius 3 is 1.81 bits per heavy atom. The summed E-state index contributed by atoms with van der Waals surface area (Å²) in [5.41, 5.74) is 11.8. The molecule has 0 spiro atoms. The molecule has 2 atom stereocenters. The summed E-state index contributed by atoms with van der Waals surface area (Å²) in [6.07, 6.45) is 27.3. The zero-order chi connectivity index (χ0) is 45.7. The van der Waals surface area contributed by atoms with Crippen LogP contribution in [0.5, 0.6) is 0 Å². The van der Waals surface area contributed by atoms with Crippen LogP contribution in [0.1, 0.15) is 154 Å². The van der Waals surface area contributed by atoms with Gasteiger partial charge in [-0.25, -0.2) is 4.98 Å². The number of rotatable bonds is 44. The molecule has 16 nitrogen and oxygen atoms in total. The highest BCUT2D eigenvalue weighted by atomic mass is 16.5. The smallest absolute Gasteiger partial charge is 0.245 e. The minimum Gasteiger partial charge on any atom is -0.379 e. The first-order valence-electron chi connectivity index (χ1n) is 23.7. The van der Waals surface area contributed by atoms with E-state index in [0.29, 0.717) is 85.0 Å². The molecule has 0 fully saturated rings. The van der Waals surface area contributed by atoms with E-state index in [4.69, 9.17) is 30.4 Å². The second-order valence-electron chi connectivity index (χ2n) is 16.1. The van der Waals surface area contributed by atoms with Crippen molar-refractivity contribution in [1.82, 2.24) is 25.9 Å². The lowest BCUT2D eigenvalue weighted by Gasteiger charge is -2.09. The highest BCUT2D eigenvalue weighted by molar-refractivity contribution is 5.85. The summed E-state index contributed by atoms with van der Waals surface area (Å²) in [4.78, 5) is 64.7. The van der Waals surface area contributed by atoms with Gasteiger partial charge in [-0.15, -0.1) is 0 Å². The molecule has 0 saturated carbocycles. The summed E-state index contributed by atoms with van der Waals surface area (Å²) >= 11 is 0. The van der Waals surface area contributed by atoms with Crippen molar-refractivity contribution in [3.8, 4) is 0 Å². The van der Waals surface area contributed by atoms with E-state index in [1.807, 2.05) is 0 Å². The molecule has 0 saturated heterocycles. The maximum atomic E-state index is 12.0. The lowest BCUT2D eigenvalue weighted by Crippen LogP contribution is -2.38. The Labute approximate surface area is 373 Å². The average molecular weight is 882 g/mol. The topological polar surface area (TPSA) is 239 Å². The number of nitrogens with one attached hydrogen (secondary N) is 4. The van der Waals surface area contributed by atoms with Gasteiger partial charge in [0.2, 0.25) is 17.7 Å². The molecule has 62 heavy (non-hydrogen) atoms. The van der Waals surface area contributed by atoms with Crippen LogP contribution in [0.3, 0.4) is 0 Å². The number of aromatic nitrogens is 2. The van der Waals surface area contributed by atoms with Crippen LogP contribution in [0.15, 0.2) is 12.5 Å².